The molecule has 0 aliphatic carbocycles. The maximum Gasteiger partial charge on any atom is 0.234 e. The molecule has 1 heterocycles. The van der Waals surface area contributed by atoms with Gasteiger partial charge in [0, 0.05) is 11.4 Å². The van der Waals surface area contributed by atoms with Gasteiger partial charge in [0.2, 0.25) is 5.88 Å². The number of nitrogen functional groups attached to an aromatic ring is 1. The maximum absolute atomic E-state index is 5.62. The molecule has 0 saturated heterocycles. The van der Waals surface area contributed by atoms with Crippen molar-refractivity contribution < 1.29 is 4.74 Å². The lowest BCUT2D eigenvalue weighted by atomic mass is 10.3. The van der Waals surface area contributed by atoms with Crippen molar-refractivity contribution in [2.24, 2.45) is 0 Å². The molecule has 0 unspecified atom stereocenters. The summed E-state index contributed by atoms with van der Waals surface area (Å²) in [5.41, 5.74) is 7.26. The highest BCUT2D eigenvalue weighted by molar-refractivity contribution is 5.58. The highest BCUT2D eigenvalue weighted by atomic mass is 16.5. The van der Waals surface area contributed by atoms with Crippen molar-refractivity contribution >= 4 is 17.2 Å². The molecule has 0 aliphatic rings. The van der Waals surface area contributed by atoms with Gasteiger partial charge in [-0.2, -0.15) is 4.98 Å². The summed E-state index contributed by atoms with van der Waals surface area (Å²) < 4.78 is 5.42. The highest BCUT2D eigenvalue weighted by Crippen LogP contribution is 2.17. The van der Waals surface area contributed by atoms with E-state index < -0.39 is 0 Å². The Hall–Kier alpha value is -2.30. The van der Waals surface area contributed by atoms with E-state index in [9.17, 15) is 0 Å². The third-order valence-electron chi connectivity index (χ3n) is 2.25. The fourth-order valence-corrected chi connectivity index (χ4v) is 1.40. The average Bonchev–Trinajstić information content (AvgIpc) is 2.40. The predicted molar refractivity (Wildman–Crippen MR) is 72.0 cm³/mol. The molecule has 3 N–H and O–H groups in total. The number of ether oxygens (including phenoxy) is 1. The second kappa shape index (κ2) is 5.86. The third-order valence-corrected chi connectivity index (χ3v) is 2.25. The van der Waals surface area contributed by atoms with Gasteiger partial charge in [0.15, 0.2) is 5.82 Å². The zero-order valence-electron chi connectivity index (χ0n) is 10.3. The van der Waals surface area contributed by atoms with Gasteiger partial charge in [0.1, 0.15) is 0 Å². The Bertz CT molecular complexity index is 499. The Labute approximate surface area is 106 Å². The molecule has 2 aromatic rings. The van der Waals surface area contributed by atoms with Crippen LogP contribution in [0, 0.1) is 0 Å². The van der Waals surface area contributed by atoms with Gasteiger partial charge in [-0.1, -0.05) is 6.92 Å². The van der Waals surface area contributed by atoms with Crippen LogP contribution in [0.4, 0.5) is 17.2 Å². The van der Waals surface area contributed by atoms with E-state index in [1.54, 1.807) is 12.4 Å². The van der Waals surface area contributed by atoms with Crippen LogP contribution in [0.25, 0.3) is 0 Å². The summed E-state index contributed by atoms with van der Waals surface area (Å²) in [5, 5.41) is 3.14. The molecule has 5 heteroatoms. The van der Waals surface area contributed by atoms with Gasteiger partial charge in [0.05, 0.1) is 19.0 Å². The molecule has 18 heavy (non-hydrogen) atoms. The molecule has 0 spiro atoms. The summed E-state index contributed by atoms with van der Waals surface area (Å²) in [6, 6.07) is 7.42. The maximum atomic E-state index is 5.62. The summed E-state index contributed by atoms with van der Waals surface area (Å²) >= 11 is 0. The van der Waals surface area contributed by atoms with Crippen molar-refractivity contribution in [1.29, 1.82) is 0 Å². The van der Waals surface area contributed by atoms with Gasteiger partial charge in [-0.3, -0.25) is 4.98 Å². The summed E-state index contributed by atoms with van der Waals surface area (Å²) in [4.78, 5) is 8.38. The second-order valence-electron chi connectivity index (χ2n) is 3.84. The van der Waals surface area contributed by atoms with Gasteiger partial charge >= 0.3 is 0 Å². The van der Waals surface area contributed by atoms with Crippen molar-refractivity contribution in [3.63, 3.8) is 0 Å². The lowest BCUT2D eigenvalue weighted by molar-refractivity contribution is 0.304. The second-order valence-corrected chi connectivity index (χ2v) is 3.84. The fraction of sp³-hybridized carbons (Fsp3) is 0.231. The van der Waals surface area contributed by atoms with E-state index in [1.807, 2.05) is 31.2 Å². The minimum absolute atomic E-state index is 0.525. The molecule has 2 rings (SSSR count). The Morgan fingerprint density at radius 2 is 2.00 bits per heavy atom. The number of hydrogen-bond acceptors (Lipinski definition) is 5. The molecule has 94 valence electrons. The molecule has 0 aliphatic heterocycles. The molecule has 0 fully saturated rings. The van der Waals surface area contributed by atoms with E-state index in [1.165, 1.54) is 0 Å². The molecule has 1 aromatic heterocycles. The van der Waals surface area contributed by atoms with Crippen molar-refractivity contribution in [1.82, 2.24) is 9.97 Å². The molecule has 0 radical (unpaired) electrons. The van der Waals surface area contributed by atoms with E-state index >= 15 is 0 Å². The van der Waals surface area contributed by atoms with Crippen LogP contribution in [0.5, 0.6) is 5.88 Å². The lowest BCUT2D eigenvalue weighted by Crippen LogP contribution is -2.00. The molecular formula is C13H16N4O. The van der Waals surface area contributed by atoms with Crippen LogP contribution >= 0.6 is 0 Å². The number of hydrogen-bond donors (Lipinski definition) is 2. The summed E-state index contributed by atoms with van der Waals surface area (Å²) in [6.07, 6.45) is 4.19. The number of aromatic nitrogens is 2. The number of nitrogens with two attached hydrogens (primary N) is 1. The number of rotatable bonds is 5. The Balaban J connectivity index is 2.06. The Morgan fingerprint density at radius 1 is 1.22 bits per heavy atom. The summed E-state index contributed by atoms with van der Waals surface area (Å²) in [6.45, 7) is 2.68. The highest BCUT2D eigenvalue weighted by Gasteiger charge is 2.00. The quantitative estimate of drug-likeness (QED) is 0.791. The first kappa shape index (κ1) is 12.2. The minimum Gasteiger partial charge on any atom is -0.477 e. The number of benzene rings is 1. The van der Waals surface area contributed by atoms with Gasteiger partial charge < -0.3 is 15.8 Å². The fourth-order valence-electron chi connectivity index (χ4n) is 1.40. The van der Waals surface area contributed by atoms with E-state index in [0.717, 1.165) is 17.8 Å². The van der Waals surface area contributed by atoms with Gasteiger partial charge in [-0.25, -0.2) is 0 Å². The van der Waals surface area contributed by atoms with Gasteiger partial charge in [-0.15, -0.1) is 0 Å². The van der Waals surface area contributed by atoms with Crippen molar-refractivity contribution in [2.45, 2.75) is 13.3 Å². The lowest BCUT2D eigenvalue weighted by Gasteiger charge is -2.07. The topological polar surface area (TPSA) is 73.1 Å². The number of nitrogens with zero attached hydrogens (tertiary/aromatic N) is 2. The predicted octanol–water partition coefficient (Wildman–Crippen LogP) is 2.59. The standard InChI is InChI=1S/C13H16N4O/c1-2-7-18-13-9-15-8-12(17-13)16-11-5-3-10(14)4-6-11/h3-6,8-9H,2,7,14H2,1H3,(H,16,17). The summed E-state index contributed by atoms with van der Waals surface area (Å²) in [5.74, 6) is 1.17. The van der Waals surface area contributed by atoms with Gasteiger partial charge in [0.25, 0.3) is 0 Å². The van der Waals surface area contributed by atoms with Crippen LogP contribution in [-0.4, -0.2) is 16.6 Å². The SMILES string of the molecule is CCCOc1cncc(Nc2ccc(N)cc2)n1. The molecule has 5 nitrogen and oxygen atoms in total. The zero-order valence-corrected chi connectivity index (χ0v) is 10.3. The van der Waals surface area contributed by atoms with Crippen molar-refractivity contribution in [2.75, 3.05) is 17.7 Å². The monoisotopic (exact) mass is 244 g/mol. The minimum atomic E-state index is 0.525. The molecule has 0 atom stereocenters. The van der Waals surface area contributed by atoms with Gasteiger partial charge in [-0.05, 0) is 30.7 Å². The first-order valence-corrected chi connectivity index (χ1v) is 5.85. The smallest absolute Gasteiger partial charge is 0.234 e. The first-order valence-electron chi connectivity index (χ1n) is 5.85. The van der Waals surface area contributed by atoms with E-state index in [2.05, 4.69) is 15.3 Å². The van der Waals surface area contributed by atoms with Crippen LogP contribution in [-0.2, 0) is 0 Å². The van der Waals surface area contributed by atoms with Crippen molar-refractivity contribution in [3.8, 4) is 5.88 Å². The number of anilines is 3. The Morgan fingerprint density at radius 3 is 2.72 bits per heavy atom. The molecule has 0 bridgehead atoms. The number of nitrogens with one attached hydrogen (secondary N) is 1. The molecule has 0 saturated carbocycles. The van der Waals surface area contributed by atoms with E-state index in [0.29, 0.717) is 18.3 Å². The van der Waals surface area contributed by atoms with Crippen LogP contribution in [0.2, 0.25) is 0 Å². The first-order chi connectivity index (χ1) is 8.78. The summed E-state index contributed by atoms with van der Waals surface area (Å²) in [7, 11) is 0. The normalized spacial score (nSPS) is 10.1. The van der Waals surface area contributed by atoms with Crippen LogP contribution < -0.4 is 15.8 Å². The van der Waals surface area contributed by atoms with E-state index in [4.69, 9.17) is 10.5 Å². The van der Waals surface area contributed by atoms with Crippen molar-refractivity contribution in [3.05, 3.63) is 36.7 Å². The van der Waals surface area contributed by atoms with Crippen LogP contribution in [0.1, 0.15) is 13.3 Å². The van der Waals surface area contributed by atoms with Crippen LogP contribution in [0.3, 0.4) is 0 Å². The largest absolute Gasteiger partial charge is 0.477 e. The van der Waals surface area contributed by atoms with Crippen LogP contribution in [0.15, 0.2) is 36.7 Å². The Kier molecular flexibility index (Phi) is 3.96. The zero-order chi connectivity index (χ0) is 12.8. The molecule has 0 amide bonds. The molecular weight excluding hydrogens is 228 g/mol. The van der Waals surface area contributed by atoms with E-state index in [-0.39, 0.29) is 0 Å². The average molecular weight is 244 g/mol. The molecule has 1 aromatic carbocycles. The third kappa shape index (κ3) is 3.35.